The normalized spacial score (nSPS) is 13.4. The summed E-state index contributed by atoms with van der Waals surface area (Å²) in [6, 6.07) is 33.9. The van der Waals surface area contributed by atoms with E-state index in [1.165, 1.54) is 56.3 Å². The summed E-state index contributed by atoms with van der Waals surface area (Å²) in [6.45, 7) is 20.5. The quantitative estimate of drug-likeness (QED) is 0.0109. The number of thiol groups is 1. The van der Waals surface area contributed by atoms with Gasteiger partial charge >= 0.3 is 0 Å². The number of unbranched alkanes of at least 4 members (excludes halogenated alkanes) is 1. The summed E-state index contributed by atoms with van der Waals surface area (Å²) in [4.78, 5) is 29.8. The highest BCUT2D eigenvalue weighted by atomic mass is 32.2. The molecule has 2 amide bonds. The minimum absolute atomic E-state index is 0.130. The molecule has 4 aromatic carbocycles. The fraction of sp³-hybridized carbons (Fsp3) is 0.581. The molecule has 0 heterocycles. The maximum absolute atomic E-state index is 12.5. The van der Waals surface area contributed by atoms with E-state index in [9.17, 15) is 9.59 Å². The monoisotopic (exact) mass is 1150 g/mol. The van der Waals surface area contributed by atoms with Crippen molar-refractivity contribution in [3.05, 3.63) is 119 Å². The van der Waals surface area contributed by atoms with Crippen LogP contribution in [0.1, 0.15) is 88.7 Å². The van der Waals surface area contributed by atoms with Gasteiger partial charge in [0.15, 0.2) is 0 Å². The van der Waals surface area contributed by atoms with E-state index in [1.54, 1.807) is 44.0 Å². The standard InChI is InChI=1S/C36H56N4O9S.C15H23N.C7H8OS.C4H11N/c1-36(2,34(41)38-14-18-44-22-26-47-25-21-43-17-13-37)35(42)39-15-19-45-23-27-48-28-24-46-20-16-40-50-31-10-8-30(9-11-31)49-33-12-7-29-5-3-4-6-32(29)33;1-3-5-10-16(4-2)15-11-13-8-6-7-9-14(13)12-15;1-8-6-2-4-7(9)5-3-6;1-3-4-5-2/h3-6,8-11,33,40H,7,12-28,37H2,1-2H3,(H,38,41)(H,39,42);6-9,15H,3-5,10-12H2,1-2H3;2-5,9H,1H3;5H,3-4H2,1-2H3. The summed E-state index contributed by atoms with van der Waals surface area (Å²) < 4.78 is 47.2. The maximum atomic E-state index is 12.5. The maximum Gasteiger partial charge on any atom is 0.235 e. The van der Waals surface area contributed by atoms with Crippen LogP contribution in [0.25, 0.3) is 0 Å². The first-order valence-electron chi connectivity index (χ1n) is 28.8. The molecule has 4 aromatic rings. The van der Waals surface area contributed by atoms with Crippen LogP contribution in [0.3, 0.4) is 0 Å². The molecule has 18 heteroatoms. The van der Waals surface area contributed by atoms with Gasteiger partial charge in [-0.2, -0.15) is 0 Å². The van der Waals surface area contributed by atoms with E-state index in [4.69, 9.17) is 43.6 Å². The Labute approximate surface area is 489 Å². The Morgan fingerprint density at radius 2 is 1.14 bits per heavy atom. The minimum Gasteiger partial charge on any atom is -0.497 e. The third-order valence-corrected chi connectivity index (χ3v) is 14.1. The van der Waals surface area contributed by atoms with E-state index >= 15 is 0 Å². The van der Waals surface area contributed by atoms with Gasteiger partial charge in [0, 0.05) is 42.0 Å². The number of nitrogens with zero attached hydrogens (tertiary/aromatic N) is 1. The molecule has 80 heavy (non-hydrogen) atoms. The van der Waals surface area contributed by atoms with E-state index in [0.29, 0.717) is 98.9 Å². The molecule has 0 saturated carbocycles. The molecule has 448 valence electrons. The Balaban J connectivity index is 0.000000447. The number of aryl methyl sites for hydroxylation is 1. The minimum atomic E-state index is -1.23. The van der Waals surface area contributed by atoms with Crippen LogP contribution in [0.4, 0.5) is 0 Å². The van der Waals surface area contributed by atoms with Crippen LogP contribution in [0.5, 0.6) is 11.5 Å². The Bertz CT molecular complexity index is 2170. The average Bonchev–Trinajstić information content (AvgIpc) is 4.10. The number of carbonyl (C=O) groups is 2. The molecule has 0 aliphatic heterocycles. The lowest BCUT2D eigenvalue weighted by Gasteiger charge is -2.27. The Morgan fingerprint density at radius 3 is 1.62 bits per heavy atom. The van der Waals surface area contributed by atoms with Gasteiger partial charge in [-0.15, -0.1) is 12.6 Å². The van der Waals surface area contributed by atoms with Gasteiger partial charge in [0.2, 0.25) is 11.8 Å². The number of rotatable bonds is 37. The molecular formula is C62H98N6O10S2. The molecule has 0 fully saturated rings. The summed E-state index contributed by atoms with van der Waals surface area (Å²) in [6.07, 6.45) is 8.60. The zero-order valence-corrected chi connectivity index (χ0v) is 51.0. The van der Waals surface area contributed by atoms with Gasteiger partial charge in [-0.1, -0.05) is 75.7 Å². The Kier molecular flexibility index (Phi) is 38.8. The predicted octanol–water partition coefficient (Wildman–Crippen LogP) is 8.54. The summed E-state index contributed by atoms with van der Waals surface area (Å²) in [5, 5.41) is 8.50. The smallest absolute Gasteiger partial charge is 0.235 e. The van der Waals surface area contributed by atoms with Crippen LogP contribution < -0.4 is 35.9 Å². The van der Waals surface area contributed by atoms with E-state index in [2.05, 4.69) is 120 Å². The number of likely N-dealkylation sites (N-methyl/N-ethyl adjacent to an activating group) is 1. The highest BCUT2D eigenvalue weighted by molar-refractivity contribution is 7.97. The summed E-state index contributed by atoms with van der Waals surface area (Å²) in [5.74, 6) is 1.00. The molecule has 6 rings (SSSR count). The molecule has 0 bridgehead atoms. The topological polar surface area (TPSA) is 185 Å². The average molecular weight is 1150 g/mol. The van der Waals surface area contributed by atoms with Gasteiger partial charge < -0.3 is 64.5 Å². The van der Waals surface area contributed by atoms with Gasteiger partial charge in [0.1, 0.15) is 23.0 Å². The Hall–Kier alpha value is -4.28. The second-order valence-corrected chi connectivity index (χ2v) is 21.0. The van der Waals surface area contributed by atoms with Crippen molar-refractivity contribution in [1.29, 1.82) is 0 Å². The van der Waals surface area contributed by atoms with Crippen LogP contribution in [0.15, 0.2) is 107 Å². The number of nitrogens with one attached hydrogen (secondary N) is 4. The Morgan fingerprint density at radius 1 is 0.637 bits per heavy atom. The first-order chi connectivity index (χ1) is 39.0. The predicted molar refractivity (Wildman–Crippen MR) is 326 cm³/mol. The van der Waals surface area contributed by atoms with E-state index in [1.807, 2.05) is 43.4 Å². The zero-order chi connectivity index (χ0) is 57.9. The molecule has 2 aliphatic rings. The molecule has 0 aromatic heterocycles. The third kappa shape index (κ3) is 29.6. The molecule has 1 unspecified atom stereocenters. The van der Waals surface area contributed by atoms with Crippen molar-refractivity contribution in [3.8, 4) is 11.5 Å². The van der Waals surface area contributed by atoms with Gasteiger partial charge in [0.25, 0.3) is 0 Å². The van der Waals surface area contributed by atoms with Crippen LogP contribution in [0.2, 0.25) is 0 Å². The van der Waals surface area contributed by atoms with Crippen LogP contribution in [-0.2, 0) is 57.3 Å². The van der Waals surface area contributed by atoms with Crippen LogP contribution in [0, 0.1) is 5.41 Å². The van der Waals surface area contributed by atoms with Crippen molar-refractivity contribution in [2.24, 2.45) is 11.1 Å². The second-order valence-electron chi connectivity index (χ2n) is 19.5. The fourth-order valence-corrected chi connectivity index (χ4v) is 9.18. The number of fused-ring (bicyclic) bond motifs is 2. The van der Waals surface area contributed by atoms with Gasteiger partial charge in [-0.25, -0.2) is 0 Å². The van der Waals surface area contributed by atoms with E-state index < -0.39 is 5.41 Å². The van der Waals surface area contributed by atoms with Crippen molar-refractivity contribution in [1.82, 2.24) is 25.6 Å². The lowest BCUT2D eigenvalue weighted by molar-refractivity contribution is -0.141. The molecule has 1 atom stereocenters. The number of methoxy groups -OCH3 is 1. The van der Waals surface area contributed by atoms with Crippen molar-refractivity contribution >= 4 is 36.4 Å². The van der Waals surface area contributed by atoms with Crippen LogP contribution >= 0.6 is 24.6 Å². The van der Waals surface area contributed by atoms with E-state index in [-0.39, 0.29) is 24.5 Å². The zero-order valence-electron chi connectivity index (χ0n) is 49.2. The summed E-state index contributed by atoms with van der Waals surface area (Å²) >= 11 is 5.68. The second kappa shape index (κ2) is 44.3. The molecular weight excluding hydrogens is 1050 g/mol. The summed E-state index contributed by atoms with van der Waals surface area (Å²) in [7, 11) is 3.61. The molecule has 6 N–H and O–H groups in total. The van der Waals surface area contributed by atoms with Crippen molar-refractivity contribution < 1.29 is 47.5 Å². The highest BCUT2D eigenvalue weighted by Gasteiger charge is 2.35. The SMILES string of the molecule is CC(C)(C(=O)NCCOCCOCCOCCN)C(=O)NCCOCCOCCOCCNSc1ccc(OC2CCc3ccccc32)cc1.CCCCN(CC)C1Cc2ccccc2C1.CCCNC.COc1ccc(S)cc1. The van der Waals surface area contributed by atoms with Gasteiger partial charge in [0.05, 0.1) is 86.4 Å². The molecule has 2 aliphatic carbocycles. The van der Waals surface area contributed by atoms with Gasteiger partial charge in [-0.3, -0.25) is 14.3 Å². The lowest BCUT2D eigenvalue weighted by Crippen LogP contribution is -2.49. The molecule has 0 spiro atoms. The number of hydrogen-bond acceptors (Lipinski definition) is 16. The van der Waals surface area contributed by atoms with Crippen LogP contribution in [-0.4, -0.2) is 162 Å². The summed E-state index contributed by atoms with van der Waals surface area (Å²) in [5.41, 5.74) is 9.94. The molecule has 0 saturated heterocycles. The highest BCUT2D eigenvalue weighted by Crippen LogP contribution is 2.35. The first kappa shape index (κ1) is 70.0. The largest absolute Gasteiger partial charge is 0.497 e. The number of nitrogens with two attached hydrogens (primary N) is 1. The number of ether oxygens (including phenoxy) is 8. The van der Waals surface area contributed by atoms with Crippen molar-refractivity contribution in [2.75, 3.05) is 139 Å². The number of hydrogen-bond donors (Lipinski definition) is 6. The fourth-order valence-electron chi connectivity index (χ4n) is 8.41. The number of benzene rings is 4. The third-order valence-electron chi connectivity index (χ3n) is 13.0. The lowest BCUT2D eigenvalue weighted by atomic mass is 9.91. The first-order valence-corrected chi connectivity index (χ1v) is 30.0. The van der Waals surface area contributed by atoms with Crippen molar-refractivity contribution in [2.45, 2.75) is 102 Å². The molecule has 0 radical (unpaired) electrons. The van der Waals surface area contributed by atoms with Crippen molar-refractivity contribution in [3.63, 3.8) is 0 Å². The van der Waals surface area contributed by atoms with Gasteiger partial charge in [-0.05, 0) is 162 Å². The van der Waals surface area contributed by atoms with E-state index in [0.717, 1.165) is 46.7 Å². The molecule has 16 nitrogen and oxygen atoms in total. The number of amides is 2. The number of carbonyl (C=O) groups excluding carboxylic acids is 2.